The van der Waals surface area contributed by atoms with Crippen LogP contribution < -0.4 is 0 Å². The second kappa shape index (κ2) is 4.94. The number of fused-ring (bicyclic) bond motifs is 1. The molecule has 1 atom stereocenters. The van der Waals surface area contributed by atoms with E-state index < -0.39 is 0 Å². The summed E-state index contributed by atoms with van der Waals surface area (Å²) in [5, 5.41) is 9.10. The van der Waals surface area contributed by atoms with Gasteiger partial charge in [-0.2, -0.15) is 0 Å². The third-order valence-electron chi connectivity index (χ3n) is 3.61. The Morgan fingerprint density at radius 3 is 2.89 bits per heavy atom. The Kier molecular flexibility index (Phi) is 3.31. The maximum Gasteiger partial charge on any atom is 0.231 e. The minimum absolute atomic E-state index is 0.0154. The molecule has 18 heavy (non-hydrogen) atoms. The number of rotatable bonds is 4. The van der Waals surface area contributed by atoms with E-state index in [0.29, 0.717) is 12.6 Å². The summed E-state index contributed by atoms with van der Waals surface area (Å²) in [7, 11) is 0. The van der Waals surface area contributed by atoms with Crippen LogP contribution in [0.5, 0.6) is 0 Å². The Hall–Kier alpha value is -1.00. The van der Waals surface area contributed by atoms with Crippen molar-refractivity contribution in [3.8, 4) is 0 Å². The van der Waals surface area contributed by atoms with Gasteiger partial charge in [0.1, 0.15) is 0 Å². The van der Waals surface area contributed by atoms with Crippen molar-refractivity contribution in [3.63, 3.8) is 0 Å². The predicted molar refractivity (Wildman–Crippen MR) is 71.7 cm³/mol. The maximum atomic E-state index is 12.6. The Labute approximate surface area is 111 Å². The van der Waals surface area contributed by atoms with E-state index >= 15 is 0 Å². The molecule has 3 nitrogen and oxygen atoms in total. The summed E-state index contributed by atoms with van der Waals surface area (Å²) in [5.74, 6) is 1.02. The third kappa shape index (κ3) is 2.15. The fourth-order valence-electron chi connectivity index (χ4n) is 2.53. The smallest absolute Gasteiger partial charge is 0.231 e. The number of aliphatic hydroxyl groups is 1. The molecule has 1 N–H and O–H groups in total. The zero-order valence-electron chi connectivity index (χ0n) is 10.2. The number of carbonyl (C=O) groups excluding carboxylic acids is 1. The van der Waals surface area contributed by atoms with Crippen LogP contribution in [-0.2, 0) is 4.79 Å². The van der Waals surface area contributed by atoms with Crippen LogP contribution >= 0.6 is 11.8 Å². The van der Waals surface area contributed by atoms with Crippen LogP contribution in [-0.4, -0.2) is 40.9 Å². The van der Waals surface area contributed by atoms with Gasteiger partial charge in [0.25, 0.3) is 0 Å². The first-order chi connectivity index (χ1) is 8.81. The molecule has 1 heterocycles. The molecule has 3 rings (SSSR count). The largest absolute Gasteiger partial charge is 0.395 e. The van der Waals surface area contributed by atoms with E-state index in [-0.39, 0.29) is 18.4 Å². The molecule has 1 aliphatic carbocycles. The first kappa shape index (κ1) is 12.1. The number of carbonyl (C=O) groups is 1. The number of thioether (sulfide) groups is 1. The first-order valence-corrected chi connectivity index (χ1v) is 7.43. The van der Waals surface area contributed by atoms with Gasteiger partial charge in [0.15, 0.2) is 0 Å². The molecule has 1 saturated carbocycles. The van der Waals surface area contributed by atoms with E-state index in [4.69, 9.17) is 5.11 Å². The Bertz CT molecular complexity index is 459. The second-order valence-corrected chi connectivity index (χ2v) is 5.95. The summed E-state index contributed by atoms with van der Waals surface area (Å²) in [6, 6.07) is 8.54. The number of hydrogen-bond acceptors (Lipinski definition) is 3. The highest BCUT2D eigenvalue weighted by Crippen LogP contribution is 2.41. The lowest BCUT2D eigenvalue weighted by Crippen LogP contribution is -2.39. The van der Waals surface area contributed by atoms with Gasteiger partial charge in [0, 0.05) is 23.2 Å². The molecule has 2 aliphatic rings. The Morgan fingerprint density at radius 2 is 2.17 bits per heavy atom. The third-order valence-corrected chi connectivity index (χ3v) is 4.79. The number of hydrogen-bond donors (Lipinski definition) is 1. The van der Waals surface area contributed by atoms with Gasteiger partial charge in [-0.1, -0.05) is 18.2 Å². The first-order valence-electron chi connectivity index (χ1n) is 6.44. The van der Waals surface area contributed by atoms with Gasteiger partial charge < -0.3 is 10.0 Å². The van der Waals surface area contributed by atoms with E-state index in [1.165, 1.54) is 4.90 Å². The number of nitrogens with zero attached hydrogens (tertiary/aromatic N) is 1. The topological polar surface area (TPSA) is 40.5 Å². The van der Waals surface area contributed by atoms with Crippen molar-refractivity contribution in [2.75, 3.05) is 18.9 Å². The molecular weight excluding hydrogens is 246 g/mol. The van der Waals surface area contributed by atoms with E-state index in [1.54, 1.807) is 11.8 Å². The summed E-state index contributed by atoms with van der Waals surface area (Å²) in [6.07, 6.45) is 2.18. The average Bonchev–Trinajstić information content (AvgIpc) is 3.14. The molecule has 1 aromatic rings. The van der Waals surface area contributed by atoms with Crippen molar-refractivity contribution < 1.29 is 9.90 Å². The van der Waals surface area contributed by atoms with Gasteiger partial charge in [0.2, 0.25) is 5.91 Å². The van der Waals surface area contributed by atoms with Crippen LogP contribution in [0.4, 0.5) is 0 Å². The molecule has 4 heteroatoms. The molecule has 1 aromatic carbocycles. The Balaban J connectivity index is 1.80. The van der Waals surface area contributed by atoms with E-state index in [0.717, 1.165) is 24.2 Å². The number of benzene rings is 1. The van der Waals surface area contributed by atoms with E-state index in [2.05, 4.69) is 12.1 Å². The molecule has 0 spiro atoms. The standard InChI is InChI=1S/C14H17NO2S/c16-8-7-15(10-5-6-10)14(17)12-9-18-13-4-2-1-3-11(12)13/h1-4,10,12,16H,5-9H2. The summed E-state index contributed by atoms with van der Waals surface area (Å²) >= 11 is 1.76. The van der Waals surface area contributed by atoms with Crippen molar-refractivity contribution in [2.45, 2.75) is 29.7 Å². The highest BCUT2D eigenvalue weighted by Gasteiger charge is 2.38. The molecule has 0 aromatic heterocycles. The fraction of sp³-hybridized carbons (Fsp3) is 0.500. The summed E-state index contributed by atoms with van der Waals surface area (Å²) in [4.78, 5) is 15.7. The second-order valence-electron chi connectivity index (χ2n) is 4.89. The van der Waals surface area contributed by atoms with Crippen molar-refractivity contribution in [3.05, 3.63) is 29.8 Å². The highest BCUT2D eigenvalue weighted by molar-refractivity contribution is 7.99. The zero-order valence-corrected chi connectivity index (χ0v) is 11.0. The van der Waals surface area contributed by atoms with Crippen molar-refractivity contribution in [2.24, 2.45) is 0 Å². The van der Waals surface area contributed by atoms with E-state index in [9.17, 15) is 4.79 Å². The Morgan fingerprint density at radius 1 is 1.39 bits per heavy atom. The molecule has 1 fully saturated rings. The van der Waals surface area contributed by atoms with Gasteiger partial charge in [-0.15, -0.1) is 11.8 Å². The number of aliphatic hydroxyl groups excluding tert-OH is 1. The lowest BCUT2D eigenvalue weighted by atomic mass is 10.00. The van der Waals surface area contributed by atoms with Gasteiger partial charge in [-0.25, -0.2) is 0 Å². The summed E-state index contributed by atoms with van der Waals surface area (Å²) in [5.41, 5.74) is 1.16. The van der Waals surface area contributed by atoms with Gasteiger partial charge in [-0.3, -0.25) is 4.79 Å². The lowest BCUT2D eigenvalue weighted by Gasteiger charge is -2.24. The fourth-order valence-corrected chi connectivity index (χ4v) is 3.75. The molecule has 1 amide bonds. The van der Waals surface area contributed by atoms with Gasteiger partial charge >= 0.3 is 0 Å². The molecule has 0 bridgehead atoms. The van der Waals surface area contributed by atoms with Crippen LogP contribution in [0.2, 0.25) is 0 Å². The normalized spacial score (nSPS) is 21.7. The van der Waals surface area contributed by atoms with Crippen molar-refractivity contribution in [1.29, 1.82) is 0 Å². The van der Waals surface area contributed by atoms with Crippen LogP contribution in [0.3, 0.4) is 0 Å². The van der Waals surface area contributed by atoms with Crippen LogP contribution in [0, 0.1) is 0 Å². The van der Waals surface area contributed by atoms with Crippen LogP contribution in [0.15, 0.2) is 29.2 Å². The average molecular weight is 263 g/mol. The molecule has 1 unspecified atom stereocenters. The predicted octanol–water partition coefficient (Wildman–Crippen LogP) is 1.86. The minimum atomic E-state index is -0.0154. The molecule has 0 saturated heterocycles. The minimum Gasteiger partial charge on any atom is -0.395 e. The van der Waals surface area contributed by atoms with Crippen molar-refractivity contribution >= 4 is 17.7 Å². The summed E-state index contributed by atoms with van der Waals surface area (Å²) < 4.78 is 0. The molecule has 0 radical (unpaired) electrons. The van der Waals surface area contributed by atoms with E-state index in [1.807, 2.05) is 17.0 Å². The SMILES string of the molecule is O=C(C1CSc2ccccc21)N(CCO)C1CC1. The molecule has 96 valence electrons. The lowest BCUT2D eigenvalue weighted by molar-refractivity contribution is -0.133. The molecule has 1 aliphatic heterocycles. The highest BCUT2D eigenvalue weighted by atomic mass is 32.2. The quantitative estimate of drug-likeness (QED) is 0.901. The van der Waals surface area contributed by atoms with Crippen LogP contribution in [0.1, 0.15) is 24.3 Å². The number of amides is 1. The van der Waals surface area contributed by atoms with Gasteiger partial charge in [0.05, 0.1) is 12.5 Å². The van der Waals surface area contributed by atoms with Crippen LogP contribution in [0.25, 0.3) is 0 Å². The zero-order chi connectivity index (χ0) is 12.5. The monoisotopic (exact) mass is 263 g/mol. The van der Waals surface area contributed by atoms with Crippen molar-refractivity contribution in [1.82, 2.24) is 4.90 Å². The maximum absolute atomic E-state index is 12.6. The molecular formula is C14H17NO2S. The summed E-state index contributed by atoms with van der Waals surface area (Å²) in [6.45, 7) is 0.538. The van der Waals surface area contributed by atoms with Gasteiger partial charge in [-0.05, 0) is 24.5 Å².